The van der Waals surface area contributed by atoms with Gasteiger partial charge in [0, 0.05) is 17.8 Å². The van der Waals surface area contributed by atoms with Crippen LogP contribution in [-0.4, -0.2) is 17.8 Å². The first kappa shape index (κ1) is 8.35. The lowest BCUT2D eigenvalue weighted by Gasteiger charge is -2.02. The number of anilines is 1. The van der Waals surface area contributed by atoms with Crippen molar-refractivity contribution >= 4 is 12.0 Å². The molecule has 2 N–H and O–H groups in total. The van der Waals surface area contributed by atoms with E-state index >= 15 is 0 Å². The first-order chi connectivity index (χ1) is 6.33. The maximum atomic E-state index is 10.7. The molecule has 0 amide bonds. The van der Waals surface area contributed by atoms with Gasteiger partial charge in [-0.3, -0.25) is 4.79 Å². The minimum atomic E-state index is 0.722. The lowest BCUT2D eigenvalue weighted by atomic mass is 10.2. The van der Waals surface area contributed by atoms with E-state index in [1.54, 1.807) is 0 Å². The summed E-state index contributed by atoms with van der Waals surface area (Å²) in [7, 11) is 0. The molecule has 3 nitrogen and oxygen atoms in total. The smallest absolute Gasteiger partial charge is 0.166 e. The van der Waals surface area contributed by atoms with Gasteiger partial charge in [-0.05, 0) is 26.2 Å². The molecule has 2 rings (SSSR count). The summed E-state index contributed by atoms with van der Waals surface area (Å²) in [4.78, 5) is 13.8. The van der Waals surface area contributed by atoms with Crippen molar-refractivity contribution in [3.05, 3.63) is 17.0 Å². The van der Waals surface area contributed by atoms with E-state index in [9.17, 15) is 4.79 Å². The maximum Gasteiger partial charge on any atom is 0.166 e. The van der Waals surface area contributed by atoms with Gasteiger partial charge in [0.25, 0.3) is 0 Å². The number of aryl methyl sites for hydroxylation is 1. The topological polar surface area (TPSA) is 44.9 Å². The molecule has 0 bridgehead atoms. The van der Waals surface area contributed by atoms with Crippen molar-refractivity contribution in [1.29, 1.82) is 0 Å². The Morgan fingerprint density at radius 1 is 1.38 bits per heavy atom. The Morgan fingerprint density at radius 2 is 2.23 bits per heavy atom. The summed E-state index contributed by atoms with van der Waals surface area (Å²) < 4.78 is 0. The molecular weight excluding hydrogens is 164 g/mol. The van der Waals surface area contributed by atoms with Crippen molar-refractivity contribution in [3.8, 4) is 0 Å². The Labute approximate surface area is 77.5 Å². The fourth-order valence-corrected chi connectivity index (χ4v) is 1.86. The molecule has 13 heavy (non-hydrogen) atoms. The van der Waals surface area contributed by atoms with Crippen LogP contribution in [-0.2, 0) is 6.42 Å². The van der Waals surface area contributed by atoms with Gasteiger partial charge in [-0.2, -0.15) is 0 Å². The molecule has 0 aromatic carbocycles. The van der Waals surface area contributed by atoms with Gasteiger partial charge in [-0.1, -0.05) is 0 Å². The number of nitrogens with one attached hydrogen (secondary N) is 2. The van der Waals surface area contributed by atoms with E-state index in [4.69, 9.17) is 0 Å². The number of hydrogen-bond donors (Lipinski definition) is 2. The second-order valence-electron chi connectivity index (χ2n) is 3.52. The summed E-state index contributed by atoms with van der Waals surface area (Å²) in [6, 6.07) is 0. The monoisotopic (exact) mass is 178 g/mol. The van der Waals surface area contributed by atoms with Gasteiger partial charge in [-0.25, -0.2) is 0 Å². The zero-order chi connectivity index (χ0) is 9.26. The van der Waals surface area contributed by atoms with E-state index in [0.717, 1.165) is 36.2 Å². The number of rotatable bonds is 1. The predicted octanol–water partition coefficient (Wildman–Crippen LogP) is 1.88. The van der Waals surface area contributed by atoms with E-state index in [0.29, 0.717) is 0 Å². The van der Waals surface area contributed by atoms with Gasteiger partial charge >= 0.3 is 0 Å². The summed E-state index contributed by atoms with van der Waals surface area (Å²) >= 11 is 0. The van der Waals surface area contributed by atoms with Crippen molar-refractivity contribution in [3.63, 3.8) is 0 Å². The number of aldehydes is 1. The van der Waals surface area contributed by atoms with Gasteiger partial charge < -0.3 is 10.3 Å². The van der Waals surface area contributed by atoms with E-state index < -0.39 is 0 Å². The first-order valence-corrected chi connectivity index (χ1v) is 4.73. The lowest BCUT2D eigenvalue weighted by molar-refractivity contribution is 0.111. The summed E-state index contributed by atoms with van der Waals surface area (Å²) in [6.07, 6.45) is 4.35. The SMILES string of the molecule is Cc1c(C=O)[nH]c2c1NCCCC2. The Morgan fingerprint density at radius 3 is 3.00 bits per heavy atom. The average molecular weight is 178 g/mol. The molecule has 0 atom stereocenters. The number of aromatic amines is 1. The van der Waals surface area contributed by atoms with Gasteiger partial charge in [0.2, 0.25) is 0 Å². The molecule has 0 fully saturated rings. The molecule has 0 spiro atoms. The third kappa shape index (κ3) is 1.34. The molecule has 0 unspecified atom stereocenters. The van der Waals surface area contributed by atoms with E-state index in [2.05, 4.69) is 10.3 Å². The average Bonchev–Trinajstić information content (AvgIpc) is 2.37. The van der Waals surface area contributed by atoms with Gasteiger partial charge in [0.1, 0.15) is 0 Å². The van der Waals surface area contributed by atoms with Crippen LogP contribution >= 0.6 is 0 Å². The molecule has 2 heterocycles. The van der Waals surface area contributed by atoms with Gasteiger partial charge in [-0.15, -0.1) is 0 Å². The van der Waals surface area contributed by atoms with Gasteiger partial charge in [0.15, 0.2) is 6.29 Å². The second kappa shape index (κ2) is 3.24. The largest absolute Gasteiger partial charge is 0.383 e. The predicted molar refractivity (Wildman–Crippen MR) is 52.3 cm³/mol. The highest BCUT2D eigenvalue weighted by Gasteiger charge is 2.14. The number of fused-ring (bicyclic) bond motifs is 1. The zero-order valence-corrected chi connectivity index (χ0v) is 7.81. The van der Waals surface area contributed by atoms with Crippen molar-refractivity contribution < 1.29 is 4.79 Å². The fraction of sp³-hybridized carbons (Fsp3) is 0.500. The lowest BCUT2D eigenvalue weighted by Crippen LogP contribution is -1.99. The van der Waals surface area contributed by atoms with Crippen molar-refractivity contribution in [2.75, 3.05) is 11.9 Å². The third-order valence-corrected chi connectivity index (χ3v) is 2.64. The fourth-order valence-electron chi connectivity index (χ4n) is 1.86. The van der Waals surface area contributed by atoms with Crippen LogP contribution in [0.5, 0.6) is 0 Å². The third-order valence-electron chi connectivity index (χ3n) is 2.64. The van der Waals surface area contributed by atoms with Crippen LogP contribution in [0.2, 0.25) is 0 Å². The maximum absolute atomic E-state index is 10.7. The molecule has 0 saturated carbocycles. The van der Waals surface area contributed by atoms with Crippen LogP contribution in [0.25, 0.3) is 0 Å². The van der Waals surface area contributed by atoms with E-state index in [1.165, 1.54) is 18.5 Å². The normalized spacial score (nSPS) is 15.8. The molecular formula is C10H14N2O. The van der Waals surface area contributed by atoms with Crippen LogP contribution in [0.15, 0.2) is 0 Å². The molecule has 3 heteroatoms. The molecule has 1 aromatic rings. The molecule has 0 aliphatic carbocycles. The second-order valence-corrected chi connectivity index (χ2v) is 3.52. The number of hydrogen-bond acceptors (Lipinski definition) is 2. The van der Waals surface area contributed by atoms with Crippen molar-refractivity contribution in [2.24, 2.45) is 0 Å². The van der Waals surface area contributed by atoms with Gasteiger partial charge in [0.05, 0.1) is 11.4 Å². The summed E-state index contributed by atoms with van der Waals surface area (Å²) in [6.45, 7) is 3.00. The molecule has 0 radical (unpaired) electrons. The number of carbonyl (C=O) groups excluding carboxylic acids is 1. The van der Waals surface area contributed by atoms with Crippen LogP contribution in [0.1, 0.15) is 34.6 Å². The zero-order valence-electron chi connectivity index (χ0n) is 7.81. The van der Waals surface area contributed by atoms with Crippen molar-refractivity contribution in [1.82, 2.24) is 4.98 Å². The summed E-state index contributed by atoms with van der Waals surface area (Å²) in [5.41, 5.74) is 4.13. The van der Waals surface area contributed by atoms with E-state index in [-0.39, 0.29) is 0 Å². The highest BCUT2D eigenvalue weighted by Crippen LogP contribution is 2.26. The number of carbonyl (C=O) groups is 1. The standard InChI is InChI=1S/C10H14N2O/c1-7-9(6-13)12-8-4-2-3-5-11-10(7)8/h6,11-12H,2-5H2,1H3. The Hall–Kier alpha value is -1.25. The van der Waals surface area contributed by atoms with Crippen molar-refractivity contribution in [2.45, 2.75) is 26.2 Å². The van der Waals surface area contributed by atoms with Crippen LogP contribution in [0, 0.1) is 6.92 Å². The summed E-state index contributed by atoms with van der Waals surface area (Å²) in [5, 5.41) is 3.36. The highest BCUT2D eigenvalue weighted by atomic mass is 16.1. The molecule has 70 valence electrons. The van der Waals surface area contributed by atoms with E-state index in [1.807, 2.05) is 6.92 Å². The Balaban J connectivity index is 2.44. The minimum Gasteiger partial charge on any atom is -0.383 e. The quantitative estimate of drug-likeness (QED) is 0.645. The minimum absolute atomic E-state index is 0.722. The number of aromatic nitrogens is 1. The number of H-pyrrole nitrogens is 1. The van der Waals surface area contributed by atoms with Crippen LogP contribution < -0.4 is 5.32 Å². The van der Waals surface area contributed by atoms with Crippen LogP contribution in [0.4, 0.5) is 5.69 Å². The molecule has 0 saturated heterocycles. The Bertz CT molecular complexity index is 328. The first-order valence-electron chi connectivity index (χ1n) is 4.73. The molecule has 1 aliphatic rings. The van der Waals surface area contributed by atoms with Crippen LogP contribution in [0.3, 0.4) is 0 Å². The highest BCUT2D eigenvalue weighted by molar-refractivity contribution is 5.80. The molecule has 1 aliphatic heterocycles. The summed E-state index contributed by atoms with van der Waals surface area (Å²) in [5.74, 6) is 0. The Kier molecular flexibility index (Phi) is 2.08. The molecule has 1 aromatic heterocycles.